The lowest BCUT2D eigenvalue weighted by Crippen LogP contribution is -2.36. The van der Waals surface area contributed by atoms with Crippen molar-refractivity contribution in [3.8, 4) is 0 Å². The van der Waals surface area contributed by atoms with E-state index in [1.165, 1.54) is 0 Å². The van der Waals surface area contributed by atoms with Crippen molar-refractivity contribution < 1.29 is 29.9 Å². The molecule has 3 heterocycles. The Labute approximate surface area is 105 Å². The quantitative estimate of drug-likeness (QED) is 0.425. The molecule has 4 bridgehead atoms. The Morgan fingerprint density at radius 2 is 0.722 bits per heavy atom. The average Bonchev–Trinajstić information content (AvgIpc) is 2.78. The SMILES string of the molecule is OC1C2CCC3OC(CCC(O2)C1O)C(O)C3O. The van der Waals surface area contributed by atoms with E-state index in [-0.39, 0.29) is 0 Å². The van der Waals surface area contributed by atoms with Gasteiger partial charge in [0.05, 0.1) is 24.4 Å². The van der Waals surface area contributed by atoms with Gasteiger partial charge < -0.3 is 29.9 Å². The Morgan fingerprint density at radius 3 is 0.944 bits per heavy atom. The van der Waals surface area contributed by atoms with Gasteiger partial charge in [0.15, 0.2) is 0 Å². The summed E-state index contributed by atoms with van der Waals surface area (Å²) < 4.78 is 11.3. The van der Waals surface area contributed by atoms with Crippen molar-refractivity contribution in [3.05, 3.63) is 0 Å². The van der Waals surface area contributed by atoms with Gasteiger partial charge in [-0.1, -0.05) is 0 Å². The first-order valence-corrected chi connectivity index (χ1v) is 6.61. The summed E-state index contributed by atoms with van der Waals surface area (Å²) in [4.78, 5) is 0. The highest BCUT2D eigenvalue weighted by Crippen LogP contribution is 2.35. The smallest absolute Gasteiger partial charge is 0.109 e. The lowest BCUT2D eigenvalue weighted by atomic mass is 9.95. The first-order valence-electron chi connectivity index (χ1n) is 6.61. The number of ether oxygens (including phenoxy) is 2. The van der Waals surface area contributed by atoms with Gasteiger partial charge in [-0.15, -0.1) is 0 Å². The predicted molar refractivity (Wildman–Crippen MR) is 59.8 cm³/mol. The molecule has 8 unspecified atom stereocenters. The molecule has 6 nitrogen and oxygen atoms in total. The molecular formula is C12H20O6. The molecule has 18 heavy (non-hydrogen) atoms. The van der Waals surface area contributed by atoms with Crippen LogP contribution in [0.15, 0.2) is 0 Å². The summed E-state index contributed by atoms with van der Waals surface area (Å²) in [5.41, 5.74) is 0. The van der Waals surface area contributed by atoms with E-state index in [1.54, 1.807) is 0 Å². The van der Waals surface area contributed by atoms with Crippen LogP contribution in [0.25, 0.3) is 0 Å². The lowest BCUT2D eigenvalue weighted by molar-refractivity contribution is -0.0504. The minimum atomic E-state index is -0.867. The van der Waals surface area contributed by atoms with Crippen LogP contribution in [-0.2, 0) is 9.47 Å². The van der Waals surface area contributed by atoms with Crippen LogP contribution < -0.4 is 0 Å². The summed E-state index contributed by atoms with van der Waals surface area (Å²) in [6, 6.07) is 0. The van der Waals surface area contributed by atoms with Gasteiger partial charge in [0.2, 0.25) is 0 Å². The summed E-state index contributed by atoms with van der Waals surface area (Å²) in [6.45, 7) is 0. The van der Waals surface area contributed by atoms with Gasteiger partial charge in [0.25, 0.3) is 0 Å². The van der Waals surface area contributed by atoms with Crippen molar-refractivity contribution >= 4 is 0 Å². The molecule has 3 rings (SSSR count). The van der Waals surface area contributed by atoms with E-state index in [1.807, 2.05) is 0 Å². The molecule has 8 atom stereocenters. The number of hydrogen-bond acceptors (Lipinski definition) is 6. The summed E-state index contributed by atoms with van der Waals surface area (Å²) >= 11 is 0. The molecule has 0 radical (unpaired) electrons. The van der Waals surface area contributed by atoms with E-state index in [9.17, 15) is 20.4 Å². The second-order valence-electron chi connectivity index (χ2n) is 5.54. The molecule has 0 aromatic heterocycles. The third kappa shape index (κ3) is 1.97. The van der Waals surface area contributed by atoms with Gasteiger partial charge in [0.1, 0.15) is 24.4 Å². The molecule has 3 aliphatic rings. The van der Waals surface area contributed by atoms with Crippen LogP contribution in [0.5, 0.6) is 0 Å². The Balaban J connectivity index is 1.76. The van der Waals surface area contributed by atoms with Gasteiger partial charge in [-0.25, -0.2) is 0 Å². The first kappa shape index (κ1) is 12.8. The van der Waals surface area contributed by atoms with E-state index in [0.717, 1.165) is 0 Å². The van der Waals surface area contributed by atoms with Crippen molar-refractivity contribution in [2.24, 2.45) is 0 Å². The molecule has 0 aliphatic carbocycles. The molecule has 6 heteroatoms. The Hall–Kier alpha value is -0.240. The molecule has 4 N–H and O–H groups in total. The largest absolute Gasteiger partial charge is 0.388 e. The Morgan fingerprint density at radius 1 is 0.500 bits per heavy atom. The minimum absolute atomic E-state index is 0.407. The summed E-state index contributed by atoms with van der Waals surface area (Å²) in [5.74, 6) is 0. The molecule has 0 amide bonds. The highest BCUT2D eigenvalue weighted by molar-refractivity contribution is 4.97. The first-order chi connectivity index (χ1) is 8.58. The zero-order valence-corrected chi connectivity index (χ0v) is 10.1. The number of fused-ring (bicyclic) bond motifs is 4. The fourth-order valence-corrected chi connectivity index (χ4v) is 3.26. The van der Waals surface area contributed by atoms with Gasteiger partial charge in [0, 0.05) is 0 Å². The molecular weight excluding hydrogens is 240 g/mol. The van der Waals surface area contributed by atoms with Crippen molar-refractivity contribution in [2.75, 3.05) is 0 Å². The van der Waals surface area contributed by atoms with Gasteiger partial charge in [-0.2, -0.15) is 0 Å². The van der Waals surface area contributed by atoms with E-state index in [2.05, 4.69) is 0 Å². The molecule has 0 aromatic rings. The van der Waals surface area contributed by atoms with E-state index < -0.39 is 48.8 Å². The van der Waals surface area contributed by atoms with Crippen LogP contribution in [0.3, 0.4) is 0 Å². The molecule has 0 aromatic carbocycles. The fourth-order valence-electron chi connectivity index (χ4n) is 3.26. The summed E-state index contributed by atoms with van der Waals surface area (Å²) in [5, 5.41) is 39.4. The van der Waals surface area contributed by atoms with Gasteiger partial charge in [-0.05, 0) is 25.7 Å². The second kappa shape index (κ2) is 4.70. The minimum Gasteiger partial charge on any atom is -0.388 e. The van der Waals surface area contributed by atoms with Crippen molar-refractivity contribution in [3.63, 3.8) is 0 Å². The number of rotatable bonds is 0. The Kier molecular flexibility index (Phi) is 3.34. The predicted octanol–water partition coefficient (Wildman–Crippen LogP) is -1.46. The normalized spacial score (nSPS) is 56.7. The maximum Gasteiger partial charge on any atom is 0.109 e. The highest BCUT2D eigenvalue weighted by Gasteiger charge is 2.48. The van der Waals surface area contributed by atoms with E-state index in [0.29, 0.717) is 25.7 Å². The Bertz CT molecular complexity index is 253. The number of hydrogen-bond donors (Lipinski definition) is 4. The molecule has 0 saturated carbocycles. The monoisotopic (exact) mass is 260 g/mol. The van der Waals surface area contributed by atoms with Crippen LogP contribution in [0, 0.1) is 0 Å². The maximum atomic E-state index is 9.86. The molecule has 3 saturated heterocycles. The number of aliphatic hydroxyl groups is 4. The molecule has 3 aliphatic heterocycles. The topological polar surface area (TPSA) is 99.4 Å². The van der Waals surface area contributed by atoms with Crippen LogP contribution in [0.1, 0.15) is 25.7 Å². The zero-order valence-electron chi connectivity index (χ0n) is 10.1. The van der Waals surface area contributed by atoms with Crippen LogP contribution in [0.4, 0.5) is 0 Å². The van der Waals surface area contributed by atoms with Gasteiger partial charge in [-0.3, -0.25) is 0 Å². The fraction of sp³-hybridized carbons (Fsp3) is 1.00. The highest BCUT2D eigenvalue weighted by atomic mass is 16.6. The van der Waals surface area contributed by atoms with Crippen LogP contribution in [-0.4, -0.2) is 69.3 Å². The van der Waals surface area contributed by atoms with E-state index in [4.69, 9.17) is 9.47 Å². The maximum absolute atomic E-state index is 9.86. The van der Waals surface area contributed by atoms with E-state index >= 15 is 0 Å². The zero-order chi connectivity index (χ0) is 12.9. The lowest BCUT2D eigenvalue weighted by Gasteiger charge is -2.21. The molecule has 0 spiro atoms. The molecule has 3 fully saturated rings. The van der Waals surface area contributed by atoms with Crippen molar-refractivity contribution in [2.45, 2.75) is 74.5 Å². The molecule has 104 valence electrons. The number of aliphatic hydroxyl groups excluding tert-OH is 4. The van der Waals surface area contributed by atoms with Crippen LogP contribution >= 0.6 is 0 Å². The third-order valence-corrected chi connectivity index (χ3v) is 4.39. The summed E-state index contributed by atoms with van der Waals surface area (Å²) in [6.07, 6.45) is -3.06. The third-order valence-electron chi connectivity index (χ3n) is 4.39. The van der Waals surface area contributed by atoms with Crippen LogP contribution in [0.2, 0.25) is 0 Å². The summed E-state index contributed by atoms with van der Waals surface area (Å²) in [7, 11) is 0. The van der Waals surface area contributed by atoms with Crippen molar-refractivity contribution in [1.82, 2.24) is 0 Å². The average molecular weight is 260 g/mol. The standard InChI is InChI=1S/C12H20O6/c13-9-5-1-2-6-10(14)12(16)8(18-6)4-3-7(17-5)11(9)15/h5-16H,1-4H2. The second-order valence-corrected chi connectivity index (χ2v) is 5.54. The van der Waals surface area contributed by atoms with Gasteiger partial charge >= 0.3 is 0 Å². The van der Waals surface area contributed by atoms with Crippen molar-refractivity contribution in [1.29, 1.82) is 0 Å².